The predicted molar refractivity (Wildman–Crippen MR) is 109 cm³/mol. The molecule has 8 heteroatoms. The van der Waals surface area contributed by atoms with Crippen LogP contribution in [0.4, 0.5) is 0 Å². The van der Waals surface area contributed by atoms with Crippen LogP contribution in [-0.2, 0) is 6.61 Å². The zero-order chi connectivity index (χ0) is 19.9. The van der Waals surface area contributed by atoms with Gasteiger partial charge in [-0.2, -0.15) is 5.26 Å². The number of halogens is 1. The number of aryl methyl sites for hydroxylation is 1. The highest BCUT2D eigenvalue weighted by Crippen LogP contribution is 2.27. The highest BCUT2D eigenvalue weighted by molar-refractivity contribution is 7.99. The molecule has 6 nitrogen and oxygen atoms in total. The van der Waals surface area contributed by atoms with E-state index >= 15 is 0 Å². The van der Waals surface area contributed by atoms with Gasteiger partial charge in [-0.25, -0.2) is 0 Å². The molecule has 144 valence electrons. The van der Waals surface area contributed by atoms with E-state index in [1.54, 1.807) is 7.11 Å². The highest BCUT2D eigenvalue weighted by Gasteiger charge is 2.16. The fourth-order valence-electron chi connectivity index (χ4n) is 2.48. The molecule has 0 spiro atoms. The van der Waals surface area contributed by atoms with Crippen molar-refractivity contribution in [3.8, 4) is 23.3 Å². The first-order valence-corrected chi connectivity index (χ1v) is 9.96. The van der Waals surface area contributed by atoms with Gasteiger partial charge in [0, 0.05) is 17.2 Å². The van der Waals surface area contributed by atoms with Crippen LogP contribution in [0.1, 0.15) is 17.8 Å². The third-order valence-corrected chi connectivity index (χ3v) is 5.32. The number of benzene rings is 2. The molecule has 1 heterocycles. The SMILES string of the molecule is COc1ccc(OCc2nnc(SCCC#N)n2-c2ccc(C)c(Cl)c2)cc1. The van der Waals surface area contributed by atoms with E-state index in [2.05, 4.69) is 16.3 Å². The molecular formula is C20H19ClN4O2S. The second kappa shape index (κ2) is 9.49. The number of nitriles is 1. The molecule has 2 aromatic carbocycles. The van der Waals surface area contributed by atoms with E-state index in [9.17, 15) is 0 Å². The van der Waals surface area contributed by atoms with E-state index in [0.717, 1.165) is 17.0 Å². The molecule has 0 atom stereocenters. The van der Waals surface area contributed by atoms with Crippen molar-refractivity contribution in [3.05, 3.63) is 58.9 Å². The molecule has 0 N–H and O–H groups in total. The van der Waals surface area contributed by atoms with E-state index in [4.69, 9.17) is 26.3 Å². The summed E-state index contributed by atoms with van der Waals surface area (Å²) in [4.78, 5) is 0. The number of methoxy groups -OCH3 is 1. The Morgan fingerprint density at radius 1 is 1.14 bits per heavy atom. The first-order valence-electron chi connectivity index (χ1n) is 8.60. The van der Waals surface area contributed by atoms with Crippen LogP contribution >= 0.6 is 23.4 Å². The van der Waals surface area contributed by atoms with Gasteiger partial charge in [0.05, 0.1) is 18.9 Å². The summed E-state index contributed by atoms with van der Waals surface area (Å²) in [5.74, 6) is 2.75. The van der Waals surface area contributed by atoms with Crippen LogP contribution in [0.25, 0.3) is 5.69 Å². The third kappa shape index (κ3) is 4.77. The van der Waals surface area contributed by atoms with Gasteiger partial charge in [-0.1, -0.05) is 29.4 Å². The normalized spacial score (nSPS) is 10.5. The lowest BCUT2D eigenvalue weighted by atomic mass is 10.2. The quantitative estimate of drug-likeness (QED) is 0.388. The summed E-state index contributed by atoms with van der Waals surface area (Å²) in [5.41, 5.74) is 1.85. The van der Waals surface area contributed by atoms with Gasteiger partial charge in [-0.05, 0) is 48.9 Å². The van der Waals surface area contributed by atoms with Crippen LogP contribution in [0.3, 0.4) is 0 Å². The number of ether oxygens (including phenoxy) is 2. The summed E-state index contributed by atoms with van der Waals surface area (Å²) in [6.45, 7) is 2.19. The van der Waals surface area contributed by atoms with Gasteiger partial charge in [0.1, 0.15) is 18.1 Å². The fourth-order valence-corrected chi connectivity index (χ4v) is 3.46. The Hall–Kier alpha value is -2.69. The van der Waals surface area contributed by atoms with Crippen LogP contribution in [-0.4, -0.2) is 27.6 Å². The Morgan fingerprint density at radius 2 is 1.89 bits per heavy atom. The molecule has 1 aromatic heterocycles. The van der Waals surface area contributed by atoms with Gasteiger partial charge in [-0.15, -0.1) is 10.2 Å². The lowest BCUT2D eigenvalue weighted by molar-refractivity contribution is 0.292. The van der Waals surface area contributed by atoms with E-state index < -0.39 is 0 Å². The average molecular weight is 415 g/mol. The van der Waals surface area contributed by atoms with Crippen molar-refractivity contribution in [1.82, 2.24) is 14.8 Å². The van der Waals surface area contributed by atoms with E-state index in [1.807, 2.05) is 54.0 Å². The Morgan fingerprint density at radius 3 is 2.57 bits per heavy atom. The molecule has 0 saturated carbocycles. The smallest absolute Gasteiger partial charge is 0.195 e. The van der Waals surface area contributed by atoms with Crippen molar-refractivity contribution in [3.63, 3.8) is 0 Å². The summed E-state index contributed by atoms with van der Waals surface area (Å²) in [7, 11) is 1.62. The molecular weight excluding hydrogens is 396 g/mol. The molecule has 0 fully saturated rings. The molecule has 0 unspecified atom stereocenters. The average Bonchev–Trinajstić information content (AvgIpc) is 3.12. The maximum Gasteiger partial charge on any atom is 0.195 e. The van der Waals surface area contributed by atoms with Gasteiger partial charge in [0.2, 0.25) is 0 Å². The number of thioether (sulfide) groups is 1. The first-order chi connectivity index (χ1) is 13.6. The topological polar surface area (TPSA) is 73.0 Å². The summed E-state index contributed by atoms with van der Waals surface area (Å²) in [5, 5.41) is 18.7. The summed E-state index contributed by atoms with van der Waals surface area (Å²) in [6, 6.07) is 15.3. The fraction of sp³-hybridized carbons (Fsp3) is 0.250. The number of hydrogen-bond donors (Lipinski definition) is 0. The minimum absolute atomic E-state index is 0.240. The molecule has 0 radical (unpaired) electrons. The Labute approximate surface area is 173 Å². The Bertz CT molecular complexity index is 983. The number of nitrogens with zero attached hydrogens (tertiary/aromatic N) is 4. The molecule has 3 rings (SSSR count). The second-order valence-corrected chi connectivity index (χ2v) is 7.36. The highest BCUT2D eigenvalue weighted by atomic mass is 35.5. The minimum atomic E-state index is 0.240. The van der Waals surface area contributed by atoms with E-state index in [-0.39, 0.29) is 6.61 Å². The Kier molecular flexibility index (Phi) is 6.80. The molecule has 3 aromatic rings. The minimum Gasteiger partial charge on any atom is -0.497 e. The molecule has 0 aliphatic carbocycles. The third-order valence-electron chi connectivity index (χ3n) is 3.99. The lowest BCUT2D eigenvalue weighted by Crippen LogP contribution is -2.07. The number of hydrogen-bond acceptors (Lipinski definition) is 6. The molecule has 0 amide bonds. The van der Waals surface area contributed by atoms with Crippen molar-refractivity contribution < 1.29 is 9.47 Å². The van der Waals surface area contributed by atoms with Gasteiger partial charge < -0.3 is 9.47 Å². The first kappa shape index (κ1) is 20.1. The Balaban J connectivity index is 1.86. The molecule has 28 heavy (non-hydrogen) atoms. The van der Waals surface area contributed by atoms with Crippen LogP contribution in [0.15, 0.2) is 47.6 Å². The monoisotopic (exact) mass is 414 g/mol. The second-order valence-electron chi connectivity index (χ2n) is 5.89. The van der Waals surface area contributed by atoms with Gasteiger partial charge in [-0.3, -0.25) is 4.57 Å². The largest absolute Gasteiger partial charge is 0.497 e. The number of rotatable bonds is 8. The van der Waals surface area contributed by atoms with Crippen LogP contribution < -0.4 is 9.47 Å². The van der Waals surface area contributed by atoms with E-state index in [1.165, 1.54) is 11.8 Å². The van der Waals surface area contributed by atoms with Crippen molar-refractivity contribution in [1.29, 1.82) is 5.26 Å². The standard InChI is InChI=1S/C20H19ClN4O2S/c1-14-4-5-15(12-18(14)21)25-19(23-24-20(25)28-11-3-10-22)13-27-17-8-6-16(26-2)7-9-17/h4-9,12H,3,11,13H2,1-2H3. The van der Waals surface area contributed by atoms with Gasteiger partial charge in [0.25, 0.3) is 0 Å². The number of aromatic nitrogens is 3. The van der Waals surface area contributed by atoms with Crippen molar-refractivity contribution in [2.45, 2.75) is 25.1 Å². The molecule has 0 aliphatic rings. The van der Waals surface area contributed by atoms with Crippen molar-refractivity contribution in [2.24, 2.45) is 0 Å². The van der Waals surface area contributed by atoms with Gasteiger partial charge in [0.15, 0.2) is 11.0 Å². The summed E-state index contributed by atoms with van der Waals surface area (Å²) in [6.07, 6.45) is 0.434. The zero-order valence-electron chi connectivity index (χ0n) is 15.6. The van der Waals surface area contributed by atoms with Crippen molar-refractivity contribution in [2.75, 3.05) is 12.9 Å². The lowest BCUT2D eigenvalue weighted by Gasteiger charge is -2.12. The van der Waals surface area contributed by atoms with Crippen LogP contribution in [0.2, 0.25) is 5.02 Å². The summed E-state index contributed by atoms with van der Waals surface area (Å²) < 4.78 is 12.9. The van der Waals surface area contributed by atoms with Crippen LogP contribution in [0.5, 0.6) is 11.5 Å². The van der Waals surface area contributed by atoms with Crippen molar-refractivity contribution >= 4 is 23.4 Å². The van der Waals surface area contributed by atoms with E-state index in [0.29, 0.717) is 33.9 Å². The van der Waals surface area contributed by atoms with Crippen LogP contribution in [0, 0.1) is 18.3 Å². The predicted octanol–water partition coefficient (Wildman–Crippen LogP) is 4.82. The zero-order valence-corrected chi connectivity index (χ0v) is 17.1. The van der Waals surface area contributed by atoms with Gasteiger partial charge >= 0.3 is 0 Å². The summed E-state index contributed by atoms with van der Waals surface area (Å²) >= 11 is 7.79. The molecule has 0 bridgehead atoms. The molecule has 0 saturated heterocycles. The maximum absolute atomic E-state index is 8.80. The molecule has 0 aliphatic heterocycles. The maximum atomic E-state index is 8.80.